The summed E-state index contributed by atoms with van der Waals surface area (Å²) in [6.07, 6.45) is 0. The second-order valence-corrected chi connectivity index (χ2v) is 4.79. The van der Waals surface area contributed by atoms with Gasteiger partial charge in [0.25, 0.3) is 0 Å². The third-order valence-electron chi connectivity index (χ3n) is 3.04. The number of aromatic amines is 1. The van der Waals surface area contributed by atoms with Gasteiger partial charge in [-0.1, -0.05) is 48.6 Å². The minimum Gasteiger partial charge on any atom is -0.292 e. The van der Waals surface area contributed by atoms with Gasteiger partial charge in [0.15, 0.2) is 0 Å². The van der Waals surface area contributed by atoms with Crippen LogP contribution in [0, 0.1) is 16.0 Å². The van der Waals surface area contributed by atoms with Gasteiger partial charge >= 0.3 is 0 Å². The topological polar surface area (TPSA) is 44.5 Å². The van der Waals surface area contributed by atoms with E-state index in [1.807, 2.05) is 48.5 Å². The Bertz CT molecular complexity index is 838. The average Bonchev–Trinajstić information content (AvgIpc) is 2.90. The lowest BCUT2D eigenvalue weighted by molar-refractivity contribution is 0.872. The first-order valence-corrected chi connectivity index (χ1v) is 6.57. The lowest BCUT2D eigenvalue weighted by Gasteiger charge is -2.03. The highest BCUT2D eigenvalue weighted by atomic mass is 32.1. The quantitative estimate of drug-likeness (QED) is 0.717. The molecular weight excluding hydrogens is 266 g/mol. The molecule has 0 bridgehead atoms. The maximum absolute atomic E-state index is 8.97. The summed E-state index contributed by atoms with van der Waals surface area (Å²) in [6, 6.07) is 21.4. The SMILES string of the molecule is N#Cc1cccc(-n2[nH]c(-c3ccccc3)cc2=S)c1. The van der Waals surface area contributed by atoms with Crippen LogP contribution in [0.25, 0.3) is 16.9 Å². The Labute approximate surface area is 121 Å². The van der Waals surface area contributed by atoms with Crippen molar-refractivity contribution in [3.8, 4) is 23.0 Å². The molecule has 1 N–H and O–H groups in total. The second-order valence-electron chi connectivity index (χ2n) is 4.37. The van der Waals surface area contributed by atoms with E-state index in [0.717, 1.165) is 16.9 Å². The minimum absolute atomic E-state index is 0.611. The number of nitrogens with zero attached hydrogens (tertiary/aromatic N) is 2. The largest absolute Gasteiger partial charge is 0.292 e. The summed E-state index contributed by atoms with van der Waals surface area (Å²) >= 11 is 5.38. The molecule has 3 aromatic rings. The summed E-state index contributed by atoms with van der Waals surface area (Å²) < 4.78 is 2.48. The van der Waals surface area contributed by atoms with Gasteiger partial charge in [0.05, 0.1) is 23.0 Å². The van der Waals surface area contributed by atoms with Crippen molar-refractivity contribution in [2.45, 2.75) is 0 Å². The lowest BCUT2D eigenvalue weighted by atomic mass is 10.2. The molecule has 0 aliphatic heterocycles. The standard InChI is InChI=1S/C16H11N3S/c17-11-12-5-4-8-14(9-12)19-16(20)10-15(18-19)13-6-2-1-3-7-13/h1-10,18H. The second kappa shape index (κ2) is 5.16. The van der Waals surface area contributed by atoms with E-state index in [4.69, 9.17) is 17.5 Å². The summed E-state index contributed by atoms with van der Waals surface area (Å²) in [6.45, 7) is 0. The predicted molar refractivity (Wildman–Crippen MR) is 81.1 cm³/mol. The summed E-state index contributed by atoms with van der Waals surface area (Å²) in [5.74, 6) is 0. The van der Waals surface area contributed by atoms with E-state index >= 15 is 0 Å². The molecule has 0 atom stereocenters. The number of nitrogens with one attached hydrogen (secondary N) is 1. The van der Waals surface area contributed by atoms with E-state index in [9.17, 15) is 0 Å². The van der Waals surface area contributed by atoms with Crippen LogP contribution in [0.5, 0.6) is 0 Å². The zero-order valence-corrected chi connectivity index (χ0v) is 11.4. The summed E-state index contributed by atoms with van der Waals surface area (Å²) in [4.78, 5) is 0. The van der Waals surface area contributed by atoms with E-state index in [2.05, 4.69) is 11.2 Å². The Morgan fingerprint density at radius 1 is 1.00 bits per heavy atom. The lowest BCUT2D eigenvalue weighted by Crippen LogP contribution is -1.96. The van der Waals surface area contributed by atoms with Crippen LogP contribution in [0.3, 0.4) is 0 Å². The predicted octanol–water partition coefficient (Wildman–Crippen LogP) is 4.07. The molecule has 0 saturated heterocycles. The molecule has 0 aliphatic carbocycles. The number of benzene rings is 2. The molecule has 1 heterocycles. The molecule has 20 heavy (non-hydrogen) atoms. The number of rotatable bonds is 2. The molecule has 0 fully saturated rings. The molecule has 96 valence electrons. The summed E-state index contributed by atoms with van der Waals surface area (Å²) in [5.41, 5.74) is 3.50. The molecule has 1 aromatic heterocycles. The van der Waals surface area contributed by atoms with E-state index in [1.165, 1.54) is 0 Å². The summed E-state index contributed by atoms with van der Waals surface area (Å²) in [7, 11) is 0. The molecule has 0 aliphatic rings. The van der Waals surface area contributed by atoms with Gasteiger partial charge in [0.2, 0.25) is 0 Å². The molecule has 3 rings (SSSR count). The van der Waals surface area contributed by atoms with E-state index in [-0.39, 0.29) is 0 Å². The van der Waals surface area contributed by atoms with Crippen molar-refractivity contribution in [2.24, 2.45) is 0 Å². The molecule has 0 amide bonds. The molecule has 2 aromatic carbocycles. The highest BCUT2D eigenvalue weighted by Gasteiger charge is 2.05. The van der Waals surface area contributed by atoms with Crippen molar-refractivity contribution in [1.29, 1.82) is 5.26 Å². The molecule has 0 radical (unpaired) electrons. The van der Waals surface area contributed by atoms with Crippen molar-refractivity contribution in [3.63, 3.8) is 0 Å². The average molecular weight is 277 g/mol. The number of hydrogen-bond acceptors (Lipinski definition) is 2. The van der Waals surface area contributed by atoms with Crippen molar-refractivity contribution in [2.75, 3.05) is 0 Å². The van der Waals surface area contributed by atoms with Crippen molar-refractivity contribution >= 4 is 12.2 Å². The Balaban J connectivity index is 2.10. The van der Waals surface area contributed by atoms with Gasteiger partial charge in [-0.05, 0) is 23.8 Å². The molecule has 4 heteroatoms. The Kier molecular flexibility index (Phi) is 3.20. The van der Waals surface area contributed by atoms with Gasteiger partial charge in [-0.25, -0.2) is 4.68 Å². The fourth-order valence-electron chi connectivity index (χ4n) is 2.07. The monoisotopic (exact) mass is 277 g/mol. The van der Waals surface area contributed by atoms with Gasteiger partial charge in [-0.2, -0.15) is 5.26 Å². The first-order chi connectivity index (χ1) is 9.78. The molecule has 3 nitrogen and oxygen atoms in total. The highest BCUT2D eigenvalue weighted by Crippen LogP contribution is 2.19. The van der Waals surface area contributed by atoms with Crippen LogP contribution in [-0.2, 0) is 0 Å². The van der Waals surface area contributed by atoms with Gasteiger partial charge in [0, 0.05) is 6.07 Å². The van der Waals surface area contributed by atoms with E-state index < -0.39 is 0 Å². The fraction of sp³-hybridized carbons (Fsp3) is 0. The molecular formula is C16H11N3S. The van der Waals surface area contributed by atoms with Crippen LogP contribution < -0.4 is 0 Å². The zero-order valence-electron chi connectivity index (χ0n) is 10.6. The zero-order chi connectivity index (χ0) is 13.9. The number of H-pyrrole nitrogens is 1. The van der Waals surface area contributed by atoms with Crippen molar-refractivity contribution in [1.82, 2.24) is 9.78 Å². The van der Waals surface area contributed by atoms with Crippen LogP contribution in [0.2, 0.25) is 0 Å². The third-order valence-corrected chi connectivity index (χ3v) is 3.34. The van der Waals surface area contributed by atoms with Gasteiger partial charge in [-0.15, -0.1) is 0 Å². The number of nitriles is 1. The Morgan fingerprint density at radius 3 is 2.55 bits per heavy atom. The Hall–Kier alpha value is -2.64. The minimum atomic E-state index is 0.611. The van der Waals surface area contributed by atoms with Crippen LogP contribution in [-0.4, -0.2) is 9.78 Å². The first kappa shape index (κ1) is 12.4. The van der Waals surface area contributed by atoms with Crippen LogP contribution in [0.4, 0.5) is 0 Å². The first-order valence-electron chi connectivity index (χ1n) is 6.16. The van der Waals surface area contributed by atoms with Gasteiger partial charge < -0.3 is 0 Å². The maximum Gasteiger partial charge on any atom is 0.128 e. The fourth-order valence-corrected chi connectivity index (χ4v) is 2.34. The highest BCUT2D eigenvalue weighted by molar-refractivity contribution is 7.71. The van der Waals surface area contributed by atoms with Gasteiger partial charge in [0.1, 0.15) is 4.64 Å². The number of aromatic nitrogens is 2. The maximum atomic E-state index is 8.97. The van der Waals surface area contributed by atoms with Crippen molar-refractivity contribution < 1.29 is 0 Å². The molecule has 0 spiro atoms. The summed E-state index contributed by atoms with van der Waals surface area (Å²) in [5, 5.41) is 12.2. The number of hydrogen-bond donors (Lipinski definition) is 1. The van der Waals surface area contributed by atoms with Crippen LogP contribution in [0.1, 0.15) is 5.56 Å². The van der Waals surface area contributed by atoms with Gasteiger partial charge in [-0.3, -0.25) is 5.10 Å². The Morgan fingerprint density at radius 2 is 1.80 bits per heavy atom. The van der Waals surface area contributed by atoms with Crippen LogP contribution in [0.15, 0.2) is 60.7 Å². The smallest absolute Gasteiger partial charge is 0.128 e. The third kappa shape index (κ3) is 2.27. The molecule has 0 unspecified atom stereocenters. The van der Waals surface area contributed by atoms with Crippen LogP contribution >= 0.6 is 12.2 Å². The van der Waals surface area contributed by atoms with E-state index in [0.29, 0.717) is 10.2 Å². The molecule has 0 saturated carbocycles. The van der Waals surface area contributed by atoms with E-state index in [1.54, 1.807) is 16.8 Å². The van der Waals surface area contributed by atoms with Crippen molar-refractivity contribution in [3.05, 3.63) is 70.9 Å². The normalized spacial score (nSPS) is 10.2.